The molecule has 17 heteroatoms. The van der Waals surface area contributed by atoms with Crippen molar-refractivity contribution in [3.8, 4) is 0 Å². The molecule has 0 bridgehead atoms. The molecule has 1 saturated heterocycles. The van der Waals surface area contributed by atoms with E-state index in [0.29, 0.717) is 33.6 Å². The smallest absolute Gasteiger partial charge is 0.443 e. The largest absolute Gasteiger partial charge is 0.508 e. The standard InChI is InChI=1S/C36H48BrFN6O8S/c1-10-15-53-31-39-29(43(32(45)51-34(2,3)4)23-17-20(23)19-11-12-21(37)22(38)16-19)26-30(40-31)44(42-41-26)24-18-25(28-27(24)49-36(8,9)50-28)47-13-14-48-33(46)52-35(5,6)7/h11-12,16,20,23-25,27-28H,10,13-15,17-18H2,1-9H3/t20-,23+,24+,25-,27-,28+/m0/s1. The number of amides is 1. The fraction of sp³-hybridized carbons (Fsp3) is 0.667. The Morgan fingerprint density at radius 2 is 1.77 bits per heavy atom. The molecule has 14 nitrogen and oxygen atoms in total. The van der Waals surface area contributed by atoms with Crippen LogP contribution in [0.3, 0.4) is 0 Å². The van der Waals surface area contributed by atoms with Gasteiger partial charge in [0.05, 0.1) is 23.2 Å². The zero-order valence-corrected chi connectivity index (χ0v) is 34.0. The van der Waals surface area contributed by atoms with E-state index in [1.54, 1.807) is 52.3 Å². The Bertz CT molecular complexity index is 1830. The molecular weight excluding hydrogens is 775 g/mol. The zero-order valence-electron chi connectivity index (χ0n) is 31.6. The highest BCUT2D eigenvalue weighted by molar-refractivity contribution is 9.10. The van der Waals surface area contributed by atoms with Crippen molar-refractivity contribution in [1.82, 2.24) is 25.0 Å². The minimum Gasteiger partial charge on any atom is -0.443 e. The highest BCUT2D eigenvalue weighted by atomic mass is 79.9. The van der Waals surface area contributed by atoms with E-state index in [-0.39, 0.29) is 36.8 Å². The number of carbonyl (C=O) groups excluding carboxylic acids is 2. The summed E-state index contributed by atoms with van der Waals surface area (Å²) in [6, 6.07) is 4.22. The van der Waals surface area contributed by atoms with E-state index in [1.165, 1.54) is 22.7 Å². The van der Waals surface area contributed by atoms with Gasteiger partial charge in [0.1, 0.15) is 35.8 Å². The summed E-state index contributed by atoms with van der Waals surface area (Å²) >= 11 is 4.70. The van der Waals surface area contributed by atoms with Gasteiger partial charge in [-0.15, -0.1) is 5.10 Å². The molecule has 1 aliphatic heterocycles. The van der Waals surface area contributed by atoms with Crippen molar-refractivity contribution >= 4 is 56.9 Å². The van der Waals surface area contributed by atoms with Gasteiger partial charge in [-0.05, 0) is 102 Å². The molecule has 6 rings (SSSR count). The first-order valence-electron chi connectivity index (χ1n) is 17.9. The number of ether oxygens (including phenoxy) is 6. The van der Waals surface area contributed by atoms with Gasteiger partial charge in [-0.3, -0.25) is 4.90 Å². The summed E-state index contributed by atoms with van der Waals surface area (Å²) in [6.45, 7) is 16.5. The summed E-state index contributed by atoms with van der Waals surface area (Å²) in [7, 11) is 0. The van der Waals surface area contributed by atoms with Crippen LogP contribution in [-0.4, -0.2) is 97.5 Å². The number of carbonyl (C=O) groups is 2. The van der Waals surface area contributed by atoms with Crippen LogP contribution in [0.2, 0.25) is 0 Å². The molecule has 3 heterocycles. The van der Waals surface area contributed by atoms with Gasteiger partial charge in [0.15, 0.2) is 27.9 Å². The summed E-state index contributed by atoms with van der Waals surface area (Å²) in [4.78, 5) is 37.5. The maximum atomic E-state index is 14.6. The second-order valence-electron chi connectivity index (χ2n) is 15.9. The van der Waals surface area contributed by atoms with Crippen molar-refractivity contribution < 1.29 is 42.4 Å². The van der Waals surface area contributed by atoms with Crippen LogP contribution in [0.4, 0.5) is 19.8 Å². The van der Waals surface area contributed by atoms with Gasteiger partial charge in [0.2, 0.25) is 0 Å². The average Bonchev–Trinajstić information content (AvgIpc) is 3.43. The third-order valence-electron chi connectivity index (χ3n) is 8.72. The molecule has 0 spiro atoms. The second-order valence-corrected chi connectivity index (χ2v) is 17.8. The van der Waals surface area contributed by atoms with Gasteiger partial charge >= 0.3 is 12.2 Å². The number of hydrogen-bond acceptors (Lipinski definition) is 13. The Hall–Kier alpha value is -3.12. The number of anilines is 1. The van der Waals surface area contributed by atoms with Crippen LogP contribution in [0.25, 0.3) is 11.2 Å². The highest BCUT2D eigenvalue weighted by Crippen LogP contribution is 2.49. The van der Waals surface area contributed by atoms with Crippen LogP contribution in [0.1, 0.15) is 99.1 Å². The van der Waals surface area contributed by atoms with Crippen LogP contribution in [0, 0.1) is 5.82 Å². The first-order valence-corrected chi connectivity index (χ1v) is 19.7. The molecule has 0 unspecified atom stereocenters. The molecule has 1 aromatic carbocycles. The van der Waals surface area contributed by atoms with Gasteiger partial charge < -0.3 is 28.4 Å². The van der Waals surface area contributed by atoms with Crippen LogP contribution < -0.4 is 4.90 Å². The van der Waals surface area contributed by atoms with E-state index in [1.807, 2.05) is 19.9 Å². The molecule has 3 fully saturated rings. The van der Waals surface area contributed by atoms with Gasteiger partial charge in [-0.2, -0.15) is 0 Å². The maximum absolute atomic E-state index is 14.6. The fourth-order valence-corrected chi connectivity index (χ4v) is 7.55. The van der Waals surface area contributed by atoms with Gasteiger partial charge in [0, 0.05) is 24.1 Å². The van der Waals surface area contributed by atoms with Gasteiger partial charge in [0.25, 0.3) is 0 Å². The number of hydrogen-bond donors (Lipinski definition) is 0. The third kappa shape index (κ3) is 9.23. The monoisotopic (exact) mass is 822 g/mol. The van der Waals surface area contributed by atoms with E-state index >= 15 is 0 Å². The third-order valence-corrected chi connectivity index (χ3v) is 10.4. The van der Waals surface area contributed by atoms with E-state index < -0.39 is 53.6 Å². The minimum absolute atomic E-state index is 0.00583. The minimum atomic E-state index is -0.901. The van der Waals surface area contributed by atoms with Crippen molar-refractivity contribution in [3.05, 3.63) is 34.1 Å². The van der Waals surface area contributed by atoms with Crippen LogP contribution in [0.5, 0.6) is 0 Å². The molecule has 2 aliphatic carbocycles. The molecule has 0 N–H and O–H groups in total. The van der Waals surface area contributed by atoms with Crippen molar-refractivity contribution in [3.63, 3.8) is 0 Å². The van der Waals surface area contributed by atoms with Crippen molar-refractivity contribution in [2.45, 2.75) is 140 Å². The van der Waals surface area contributed by atoms with Crippen LogP contribution in [-0.2, 0) is 28.4 Å². The molecule has 6 atom stereocenters. The Balaban J connectivity index is 1.33. The van der Waals surface area contributed by atoms with E-state index in [0.717, 1.165) is 17.7 Å². The van der Waals surface area contributed by atoms with Crippen molar-refractivity contribution in [1.29, 1.82) is 0 Å². The number of aromatic nitrogens is 5. The second kappa shape index (κ2) is 15.2. The van der Waals surface area contributed by atoms with Crippen LogP contribution in [0.15, 0.2) is 27.8 Å². The van der Waals surface area contributed by atoms with Gasteiger partial charge in [-0.25, -0.2) is 28.6 Å². The molecule has 290 valence electrons. The lowest BCUT2D eigenvalue weighted by Gasteiger charge is -2.27. The Kier molecular flexibility index (Phi) is 11.3. The lowest BCUT2D eigenvalue weighted by molar-refractivity contribution is -0.171. The first-order chi connectivity index (χ1) is 24.8. The molecule has 0 radical (unpaired) electrons. The summed E-state index contributed by atoms with van der Waals surface area (Å²) < 4.78 is 52.0. The molecule has 1 amide bonds. The van der Waals surface area contributed by atoms with Crippen molar-refractivity contribution in [2.75, 3.05) is 23.9 Å². The topological polar surface area (TPSA) is 149 Å². The predicted octanol–water partition coefficient (Wildman–Crippen LogP) is 7.72. The average molecular weight is 824 g/mol. The first kappa shape index (κ1) is 39.6. The summed E-state index contributed by atoms with van der Waals surface area (Å²) in [5.74, 6) is -0.427. The molecule has 2 aromatic heterocycles. The summed E-state index contributed by atoms with van der Waals surface area (Å²) in [5.41, 5.74) is 0.0198. The van der Waals surface area contributed by atoms with Crippen molar-refractivity contribution in [2.24, 2.45) is 0 Å². The lowest BCUT2D eigenvalue weighted by atomic mass is 10.1. The number of fused-ring (bicyclic) bond motifs is 2. The number of halogens is 2. The maximum Gasteiger partial charge on any atom is 0.508 e. The normalized spacial score (nSPS) is 25.0. The lowest BCUT2D eigenvalue weighted by Crippen LogP contribution is -2.39. The van der Waals surface area contributed by atoms with E-state index in [2.05, 4.69) is 33.2 Å². The molecule has 3 aliphatic rings. The molecule has 3 aromatic rings. The zero-order chi connectivity index (χ0) is 38.5. The van der Waals surface area contributed by atoms with Crippen LogP contribution >= 0.6 is 27.7 Å². The van der Waals surface area contributed by atoms with E-state index in [4.69, 9.17) is 38.4 Å². The number of nitrogens with zero attached hydrogens (tertiary/aromatic N) is 6. The Morgan fingerprint density at radius 1 is 1.06 bits per heavy atom. The Morgan fingerprint density at radius 3 is 2.45 bits per heavy atom. The molecule has 2 saturated carbocycles. The quantitative estimate of drug-likeness (QED) is 0.0805. The number of benzene rings is 1. The summed E-state index contributed by atoms with van der Waals surface area (Å²) in [5, 5.41) is 9.61. The highest BCUT2D eigenvalue weighted by Gasteiger charge is 2.56. The summed E-state index contributed by atoms with van der Waals surface area (Å²) in [6.07, 6.45) is -0.850. The number of thioether (sulfide) groups is 1. The predicted molar refractivity (Wildman–Crippen MR) is 197 cm³/mol. The van der Waals surface area contributed by atoms with E-state index in [9.17, 15) is 14.0 Å². The fourth-order valence-electron chi connectivity index (χ4n) is 6.62. The Labute approximate surface area is 321 Å². The molecular formula is C36H48BrFN6O8S. The number of rotatable bonds is 11. The SMILES string of the molecule is CCCSc1nc(N(C(=O)OC(C)(C)C)[C@@H]2C[C@H]2c2ccc(Br)c(F)c2)c2nnn([C@@H]3C[C@H](OCCOC(=O)OC(C)(C)C)[C@H]4OC(C)(C)O[C@H]43)c2n1. The molecule has 53 heavy (non-hydrogen) atoms. The van der Waals surface area contributed by atoms with Gasteiger partial charge in [-0.1, -0.05) is 30.0 Å².